The zero-order valence-corrected chi connectivity index (χ0v) is 12.8. The van der Waals surface area contributed by atoms with Crippen LogP contribution in [0.2, 0.25) is 0 Å². The molecule has 0 spiro atoms. The number of carbonyl (C=O) groups is 1. The van der Waals surface area contributed by atoms with Crippen LogP contribution in [0.4, 0.5) is 5.69 Å². The summed E-state index contributed by atoms with van der Waals surface area (Å²) in [6.07, 6.45) is 5.72. The fraction of sp³-hybridized carbons (Fsp3) is 0.588. The Morgan fingerprint density at radius 2 is 2.24 bits per heavy atom. The number of esters is 1. The van der Waals surface area contributed by atoms with E-state index >= 15 is 0 Å². The molecule has 1 aromatic carbocycles. The fourth-order valence-electron chi connectivity index (χ4n) is 2.62. The Labute approximate surface area is 126 Å². The number of rotatable bonds is 7. The summed E-state index contributed by atoms with van der Waals surface area (Å²) in [5.41, 5.74) is 7.61. The van der Waals surface area contributed by atoms with E-state index in [0.29, 0.717) is 19.6 Å². The van der Waals surface area contributed by atoms with Gasteiger partial charge in [-0.1, -0.05) is 26.2 Å². The molecule has 2 rings (SSSR count). The summed E-state index contributed by atoms with van der Waals surface area (Å²) >= 11 is 0. The van der Waals surface area contributed by atoms with Crippen LogP contribution in [0.3, 0.4) is 0 Å². The van der Waals surface area contributed by atoms with E-state index < -0.39 is 0 Å². The van der Waals surface area contributed by atoms with Crippen LogP contribution >= 0.6 is 0 Å². The summed E-state index contributed by atoms with van der Waals surface area (Å²) in [7, 11) is 0. The van der Waals surface area contributed by atoms with Crippen molar-refractivity contribution in [2.24, 2.45) is 5.92 Å². The lowest BCUT2D eigenvalue weighted by Gasteiger charge is -2.24. The maximum Gasteiger partial charge on any atom is 0.306 e. The number of fused-ring (bicyclic) bond motifs is 1. The van der Waals surface area contributed by atoms with Crippen LogP contribution < -0.4 is 10.5 Å². The van der Waals surface area contributed by atoms with Gasteiger partial charge in [0.15, 0.2) is 0 Å². The smallest absolute Gasteiger partial charge is 0.306 e. The number of hydrogen-bond acceptors (Lipinski definition) is 4. The molecule has 116 valence electrons. The van der Waals surface area contributed by atoms with Crippen molar-refractivity contribution < 1.29 is 14.3 Å². The van der Waals surface area contributed by atoms with E-state index in [4.69, 9.17) is 15.2 Å². The molecule has 1 aliphatic rings. The number of nitrogens with two attached hydrogens (primary N) is 1. The van der Waals surface area contributed by atoms with Gasteiger partial charge in [0.05, 0.1) is 19.6 Å². The molecule has 0 radical (unpaired) electrons. The van der Waals surface area contributed by atoms with Gasteiger partial charge in [0, 0.05) is 11.6 Å². The van der Waals surface area contributed by atoms with Crippen molar-refractivity contribution in [3.05, 3.63) is 23.8 Å². The topological polar surface area (TPSA) is 61.5 Å². The van der Waals surface area contributed by atoms with Crippen molar-refractivity contribution in [1.29, 1.82) is 0 Å². The number of benzene rings is 1. The largest absolute Gasteiger partial charge is 0.493 e. The third kappa shape index (κ3) is 4.96. The van der Waals surface area contributed by atoms with E-state index in [9.17, 15) is 4.79 Å². The van der Waals surface area contributed by atoms with E-state index in [1.165, 1.54) is 12.8 Å². The monoisotopic (exact) mass is 291 g/mol. The van der Waals surface area contributed by atoms with Crippen LogP contribution in [0.25, 0.3) is 0 Å². The predicted molar refractivity (Wildman–Crippen MR) is 83.3 cm³/mol. The average Bonchev–Trinajstić information content (AvgIpc) is 2.46. The summed E-state index contributed by atoms with van der Waals surface area (Å²) in [6.45, 7) is 3.28. The van der Waals surface area contributed by atoms with E-state index in [-0.39, 0.29) is 11.9 Å². The van der Waals surface area contributed by atoms with Gasteiger partial charge < -0.3 is 15.2 Å². The molecule has 21 heavy (non-hydrogen) atoms. The van der Waals surface area contributed by atoms with Crippen molar-refractivity contribution in [3.8, 4) is 5.75 Å². The van der Waals surface area contributed by atoms with Crippen molar-refractivity contribution in [2.45, 2.75) is 45.4 Å². The standard InChI is InChI=1S/C17H25NO3/c1-2-3-4-5-8-20-17(19)10-13-9-14-11-15(18)6-7-16(14)21-12-13/h6-7,11,13H,2-5,8-10,12,18H2,1H3. The van der Waals surface area contributed by atoms with Gasteiger partial charge in [0.25, 0.3) is 0 Å². The van der Waals surface area contributed by atoms with Crippen molar-refractivity contribution >= 4 is 11.7 Å². The van der Waals surface area contributed by atoms with E-state index in [1.807, 2.05) is 18.2 Å². The fourth-order valence-corrected chi connectivity index (χ4v) is 2.62. The van der Waals surface area contributed by atoms with E-state index in [2.05, 4.69) is 6.92 Å². The molecule has 0 fully saturated rings. The third-order valence-electron chi connectivity index (χ3n) is 3.78. The number of ether oxygens (including phenoxy) is 2. The Hall–Kier alpha value is -1.71. The highest BCUT2D eigenvalue weighted by molar-refractivity contribution is 5.69. The third-order valence-corrected chi connectivity index (χ3v) is 3.78. The minimum atomic E-state index is -0.118. The number of hydrogen-bond donors (Lipinski definition) is 1. The second-order valence-corrected chi connectivity index (χ2v) is 5.73. The first kappa shape index (κ1) is 15.7. The number of unbranched alkanes of at least 4 members (excludes halogenated alkanes) is 3. The Morgan fingerprint density at radius 3 is 3.05 bits per heavy atom. The molecule has 1 aromatic rings. The van der Waals surface area contributed by atoms with Gasteiger partial charge in [-0.3, -0.25) is 4.79 Å². The maximum atomic E-state index is 11.8. The Kier molecular flexibility index (Phi) is 5.90. The van der Waals surface area contributed by atoms with Crippen LogP contribution in [0.15, 0.2) is 18.2 Å². The van der Waals surface area contributed by atoms with Gasteiger partial charge in [0.2, 0.25) is 0 Å². The molecule has 1 unspecified atom stereocenters. The van der Waals surface area contributed by atoms with Crippen molar-refractivity contribution in [3.63, 3.8) is 0 Å². The Morgan fingerprint density at radius 1 is 1.38 bits per heavy atom. The summed E-state index contributed by atoms with van der Waals surface area (Å²) in [5.74, 6) is 0.947. The van der Waals surface area contributed by atoms with Gasteiger partial charge in [-0.05, 0) is 36.6 Å². The first-order chi connectivity index (χ1) is 10.2. The molecule has 0 aliphatic carbocycles. The first-order valence-electron chi connectivity index (χ1n) is 7.86. The van der Waals surface area contributed by atoms with Crippen LogP contribution in [0.1, 0.15) is 44.6 Å². The zero-order chi connectivity index (χ0) is 15.1. The molecule has 1 aliphatic heterocycles. The van der Waals surface area contributed by atoms with Crippen LogP contribution in [-0.4, -0.2) is 19.2 Å². The second kappa shape index (κ2) is 7.91. The molecule has 2 N–H and O–H groups in total. The quantitative estimate of drug-likeness (QED) is 0.475. The minimum absolute atomic E-state index is 0.118. The highest BCUT2D eigenvalue weighted by atomic mass is 16.5. The van der Waals surface area contributed by atoms with Crippen molar-refractivity contribution in [2.75, 3.05) is 18.9 Å². The number of anilines is 1. The molecule has 0 bridgehead atoms. The average molecular weight is 291 g/mol. The van der Waals surface area contributed by atoms with E-state index in [0.717, 1.165) is 36.3 Å². The SMILES string of the molecule is CCCCCCOC(=O)CC1COc2ccc(N)cc2C1. The molecule has 0 saturated heterocycles. The summed E-state index contributed by atoms with van der Waals surface area (Å²) in [5, 5.41) is 0. The minimum Gasteiger partial charge on any atom is -0.493 e. The van der Waals surface area contributed by atoms with Crippen LogP contribution in [0.5, 0.6) is 5.75 Å². The summed E-state index contributed by atoms with van der Waals surface area (Å²) in [4.78, 5) is 11.8. The zero-order valence-electron chi connectivity index (χ0n) is 12.8. The normalized spacial score (nSPS) is 16.9. The highest BCUT2D eigenvalue weighted by Gasteiger charge is 2.23. The Bertz CT molecular complexity index is 473. The molecule has 4 heteroatoms. The van der Waals surface area contributed by atoms with Gasteiger partial charge in [-0.2, -0.15) is 0 Å². The molecule has 0 saturated carbocycles. The second-order valence-electron chi connectivity index (χ2n) is 5.73. The highest BCUT2D eigenvalue weighted by Crippen LogP contribution is 2.30. The molecule has 0 amide bonds. The molecular weight excluding hydrogens is 266 g/mol. The molecule has 1 atom stereocenters. The number of carbonyl (C=O) groups excluding carboxylic acids is 1. The summed E-state index contributed by atoms with van der Waals surface area (Å²) in [6, 6.07) is 5.66. The molecule has 0 aromatic heterocycles. The van der Waals surface area contributed by atoms with Gasteiger partial charge in [-0.15, -0.1) is 0 Å². The maximum absolute atomic E-state index is 11.8. The number of nitrogen functional groups attached to an aromatic ring is 1. The Balaban J connectivity index is 1.73. The van der Waals surface area contributed by atoms with Gasteiger partial charge in [-0.25, -0.2) is 0 Å². The first-order valence-corrected chi connectivity index (χ1v) is 7.86. The van der Waals surface area contributed by atoms with Crippen molar-refractivity contribution in [1.82, 2.24) is 0 Å². The van der Waals surface area contributed by atoms with Crippen LogP contribution in [-0.2, 0) is 16.0 Å². The lowest BCUT2D eigenvalue weighted by Crippen LogP contribution is -2.24. The molecule has 1 heterocycles. The van der Waals surface area contributed by atoms with E-state index in [1.54, 1.807) is 0 Å². The van der Waals surface area contributed by atoms with Gasteiger partial charge in [0.1, 0.15) is 5.75 Å². The molecule has 4 nitrogen and oxygen atoms in total. The lowest BCUT2D eigenvalue weighted by atomic mass is 9.94. The predicted octanol–water partition coefficient (Wildman–Crippen LogP) is 3.33. The lowest BCUT2D eigenvalue weighted by molar-refractivity contribution is -0.145. The summed E-state index contributed by atoms with van der Waals surface area (Å²) < 4.78 is 11.0. The van der Waals surface area contributed by atoms with Crippen LogP contribution in [0, 0.1) is 5.92 Å². The molecular formula is C17H25NO3. The van der Waals surface area contributed by atoms with Gasteiger partial charge >= 0.3 is 5.97 Å².